The molecule has 0 saturated heterocycles. The summed E-state index contributed by atoms with van der Waals surface area (Å²) in [4.78, 5) is 12.5. The summed E-state index contributed by atoms with van der Waals surface area (Å²) in [5, 5.41) is 4.23. The van der Waals surface area contributed by atoms with E-state index in [1.807, 2.05) is 37.3 Å². The normalized spacial score (nSPS) is 10.8. The van der Waals surface area contributed by atoms with Crippen LogP contribution in [0, 0.1) is 6.92 Å². The van der Waals surface area contributed by atoms with Gasteiger partial charge in [-0.15, -0.1) is 0 Å². The maximum Gasteiger partial charge on any atom is 0.287 e. The molecule has 1 aromatic heterocycles. The Morgan fingerprint density at radius 2 is 1.92 bits per heavy atom. The van der Waals surface area contributed by atoms with Crippen molar-refractivity contribution in [2.75, 3.05) is 20.8 Å². The average molecular weight is 374 g/mol. The number of halogens is 1. The molecular formula is C20H20ClNO4. The van der Waals surface area contributed by atoms with Gasteiger partial charge in [-0.25, -0.2) is 0 Å². The van der Waals surface area contributed by atoms with Crippen molar-refractivity contribution < 1.29 is 18.7 Å². The first-order chi connectivity index (χ1) is 12.5. The van der Waals surface area contributed by atoms with E-state index in [9.17, 15) is 4.79 Å². The van der Waals surface area contributed by atoms with Gasteiger partial charge in [0.25, 0.3) is 5.91 Å². The number of amides is 1. The Hall–Kier alpha value is -2.66. The molecule has 2 aromatic carbocycles. The van der Waals surface area contributed by atoms with E-state index in [1.165, 1.54) is 0 Å². The van der Waals surface area contributed by atoms with Gasteiger partial charge in [0.15, 0.2) is 22.8 Å². The second-order valence-electron chi connectivity index (χ2n) is 5.87. The molecule has 26 heavy (non-hydrogen) atoms. The lowest BCUT2D eigenvalue weighted by molar-refractivity contribution is 0.0928. The van der Waals surface area contributed by atoms with Crippen LogP contribution in [0.3, 0.4) is 0 Å². The van der Waals surface area contributed by atoms with E-state index in [1.54, 1.807) is 20.3 Å². The van der Waals surface area contributed by atoms with E-state index in [0.29, 0.717) is 40.8 Å². The largest absolute Gasteiger partial charge is 0.493 e. The average Bonchev–Trinajstić information content (AvgIpc) is 3.00. The zero-order chi connectivity index (χ0) is 18.7. The molecule has 0 atom stereocenters. The van der Waals surface area contributed by atoms with Crippen LogP contribution in [0.4, 0.5) is 0 Å². The molecule has 0 saturated carbocycles. The molecule has 0 bridgehead atoms. The van der Waals surface area contributed by atoms with Crippen molar-refractivity contribution in [1.29, 1.82) is 0 Å². The number of carbonyl (C=O) groups excluding carboxylic acids is 1. The van der Waals surface area contributed by atoms with E-state index in [0.717, 1.165) is 16.5 Å². The first kappa shape index (κ1) is 18.1. The number of methoxy groups -OCH3 is 2. The predicted molar refractivity (Wildman–Crippen MR) is 102 cm³/mol. The third-order valence-corrected chi connectivity index (χ3v) is 4.57. The Balaban J connectivity index is 1.68. The van der Waals surface area contributed by atoms with Crippen LogP contribution in [0.15, 0.2) is 40.8 Å². The van der Waals surface area contributed by atoms with Gasteiger partial charge in [-0.3, -0.25) is 4.79 Å². The molecule has 3 aromatic rings. The van der Waals surface area contributed by atoms with E-state index in [-0.39, 0.29) is 5.91 Å². The number of fused-ring (bicyclic) bond motifs is 1. The Morgan fingerprint density at radius 1 is 1.15 bits per heavy atom. The third-order valence-electron chi connectivity index (χ3n) is 4.27. The number of benzene rings is 2. The molecule has 5 nitrogen and oxygen atoms in total. The van der Waals surface area contributed by atoms with Gasteiger partial charge in [0, 0.05) is 17.5 Å². The summed E-state index contributed by atoms with van der Waals surface area (Å²) < 4.78 is 16.2. The van der Waals surface area contributed by atoms with Gasteiger partial charge in [0.05, 0.1) is 19.2 Å². The Morgan fingerprint density at radius 3 is 2.62 bits per heavy atom. The van der Waals surface area contributed by atoms with Crippen LogP contribution in [-0.2, 0) is 6.42 Å². The fourth-order valence-electron chi connectivity index (χ4n) is 2.86. The molecule has 0 aliphatic carbocycles. The van der Waals surface area contributed by atoms with Crippen LogP contribution in [0.1, 0.15) is 21.7 Å². The molecular weight excluding hydrogens is 354 g/mol. The second kappa shape index (κ2) is 7.70. The number of hydrogen-bond donors (Lipinski definition) is 1. The monoisotopic (exact) mass is 373 g/mol. The van der Waals surface area contributed by atoms with Crippen molar-refractivity contribution in [3.05, 3.63) is 58.3 Å². The summed E-state index contributed by atoms with van der Waals surface area (Å²) in [6.07, 6.45) is 0.659. The highest BCUT2D eigenvalue weighted by Crippen LogP contribution is 2.30. The van der Waals surface area contributed by atoms with Crippen molar-refractivity contribution in [3.8, 4) is 11.5 Å². The van der Waals surface area contributed by atoms with Gasteiger partial charge in [-0.05, 0) is 37.1 Å². The molecule has 0 aliphatic heterocycles. The van der Waals surface area contributed by atoms with Crippen LogP contribution in [0.25, 0.3) is 11.0 Å². The molecule has 1 N–H and O–H groups in total. The number of furan rings is 1. The standard InChI is InChI=1S/C20H20ClNO4/c1-12-14-5-4-6-15(21)19(14)26-18(12)20(23)22-10-9-13-7-8-16(24-2)17(11-13)25-3/h4-8,11H,9-10H2,1-3H3,(H,22,23). The molecule has 1 heterocycles. The van der Waals surface area contributed by atoms with Crippen molar-refractivity contribution >= 4 is 28.5 Å². The smallest absolute Gasteiger partial charge is 0.287 e. The fraction of sp³-hybridized carbons (Fsp3) is 0.250. The molecule has 3 rings (SSSR count). The Labute approximate surface area is 156 Å². The van der Waals surface area contributed by atoms with Gasteiger partial charge in [0.2, 0.25) is 0 Å². The maximum atomic E-state index is 12.5. The van der Waals surface area contributed by atoms with E-state index >= 15 is 0 Å². The Kier molecular flexibility index (Phi) is 5.38. The molecule has 1 amide bonds. The molecule has 0 fully saturated rings. The zero-order valence-electron chi connectivity index (χ0n) is 14.9. The van der Waals surface area contributed by atoms with Crippen molar-refractivity contribution in [2.24, 2.45) is 0 Å². The number of nitrogens with one attached hydrogen (secondary N) is 1. The van der Waals surface area contributed by atoms with Gasteiger partial charge in [-0.1, -0.05) is 29.8 Å². The summed E-state index contributed by atoms with van der Waals surface area (Å²) >= 11 is 6.14. The minimum atomic E-state index is -0.254. The van der Waals surface area contributed by atoms with E-state index < -0.39 is 0 Å². The minimum absolute atomic E-state index is 0.254. The molecule has 6 heteroatoms. The summed E-state index contributed by atoms with van der Waals surface area (Å²) in [6, 6.07) is 11.2. The SMILES string of the molecule is COc1ccc(CCNC(=O)c2oc3c(Cl)cccc3c2C)cc1OC. The van der Waals surface area contributed by atoms with Gasteiger partial charge >= 0.3 is 0 Å². The van der Waals surface area contributed by atoms with Crippen LogP contribution >= 0.6 is 11.6 Å². The first-order valence-electron chi connectivity index (χ1n) is 8.22. The summed E-state index contributed by atoms with van der Waals surface area (Å²) in [5.74, 6) is 1.38. The second-order valence-corrected chi connectivity index (χ2v) is 6.28. The van der Waals surface area contributed by atoms with Crippen molar-refractivity contribution in [2.45, 2.75) is 13.3 Å². The minimum Gasteiger partial charge on any atom is -0.493 e. The van der Waals surface area contributed by atoms with Crippen molar-refractivity contribution in [3.63, 3.8) is 0 Å². The maximum absolute atomic E-state index is 12.5. The number of para-hydroxylation sites is 1. The van der Waals surface area contributed by atoms with E-state index in [4.69, 9.17) is 25.5 Å². The molecule has 0 unspecified atom stereocenters. The number of rotatable bonds is 6. The highest BCUT2D eigenvalue weighted by atomic mass is 35.5. The lowest BCUT2D eigenvalue weighted by atomic mass is 10.1. The summed E-state index contributed by atoms with van der Waals surface area (Å²) in [6.45, 7) is 2.32. The number of aryl methyl sites for hydroxylation is 1. The highest BCUT2D eigenvalue weighted by molar-refractivity contribution is 6.35. The molecule has 0 radical (unpaired) electrons. The Bertz CT molecular complexity index is 948. The lowest BCUT2D eigenvalue weighted by Gasteiger charge is -2.10. The molecule has 0 aliphatic rings. The number of hydrogen-bond acceptors (Lipinski definition) is 4. The van der Waals surface area contributed by atoms with Crippen LogP contribution in [0.2, 0.25) is 5.02 Å². The van der Waals surface area contributed by atoms with E-state index in [2.05, 4.69) is 5.32 Å². The predicted octanol–water partition coefficient (Wildman–Crippen LogP) is 4.38. The molecule has 136 valence electrons. The lowest BCUT2D eigenvalue weighted by Crippen LogP contribution is -2.25. The zero-order valence-corrected chi connectivity index (χ0v) is 15.6. The first-order valence-corrected chi connectivity index (χ1v) is 8.59. The van der Waals surface area contributed by atoms with Gasteiger partial charge in [-0.2, -0.15) is 0 Å². The third kappa shape index (κ3) is 3.48. The fourth-order valence-corrected chi connectivity index (χ4v) is 3.08. The van der Waals surface area contributed by atoms with Crippen LogP contribution in [0.5, 0.6) is 11.5 Å². The van der Waals surface area contributed by atoms with Crippen LogP contribution < -0.4 is 14.8 Å². The highest BCUT2D eigenvalue weighted by Gasteiger charge is 2.18. The molecule has 0 spiro atoms. The quantitative estimate of drug-likeness (QED) is 0.696. The van der Waals surface area contributed by atoms with Gasteiger partial charge < -0.3 is 19.2 Å². The summed E-state index contributed by atoms with van der Waals surface area (Å²) in [5.41, 5.74) is 2.36. The van der Waals surface area contributed by atoms with Crippen LogP contribution in [-0.4, -0.2) is 26.7 Å². The number of carbonyl (C=O) groups is 1. The van der Waals surface area contributed by atoms with Crippen molar-refractivity contribution in [1.82, 2.24) is 5.32 Å². The topological polar surface area (TPSA) is 60.7 Å². The number of ether oxygens (including phenoxy) is 2. The summed E-state index contributed by atoms with van der Waals surface area (Å²) in [7, 11) is 3.19. The van der Waals surface area contributed by atoms with Gasteiger partial charge in [0.1, 0.15) is 0 Å².